The first kappa shape index (κ1) is 20.1. The standard InChI is InChI=1S/C19H18F3N5O3/c1-2-30-17-23-4-3-12(26-17)14-5-10-9-24-15(6-13(10)25-14)27-16(28)11-7-18(29,8-11)19(20,21)22/h3-6,9,11,25,29H,2,7-8H2,1H3,(H,24,27,28). The molecule has 0 bridgehead atoms. The summed E-state index contributed by atoms with van der Waals surface area (Å²) in [6, 6.07) is 5.36. The highest BCUT2D eigenvalue weighted by Crippen LogP contribution is 2.48. The summed E-state index contributed by atoms with van der Waals surface area (Å²) < 4.78 is 43.4. The Hall–Kier alpha value is -3.21. The van der Waals surface area contributed by atoms with Crippen molar-refractivity contribution in [3.05, 3.63) is 30.6 Å². The third kappa shape index (κ3) is 3.67. The van der Waals surface area contributed by atoms with Gasteiger partial charge in [-0.3, -0.25) is 4.79 Å². The van der Waals surface area contributed by atoms with E-state index in [1.54, 1.807) is 18.3 Å². The zero-order chi connectivity index (χ0) is 21.5. The quantitative estimate of drug-likeness (QED) is 0.584. The highest BCUT2D eigenvalue weighted by Gasteiger charge is 2.62. The molecule has 1 amide bonds. The number of aromatic nitrogens is 4. The molecule has 0 radical (unpaired) electrons. The predicted molar refractivity (Wildman–Crippen MR) is 101 cm³/mol. The lowest BCUT2D eigenvalue weighted by molar-refractivity contribution is -0.295. The van der Waals surface area contributed by atoms with Crippen molar-refractivity contribution in [2.45, 2.75) is 31.5 Å². The van der Waals surface area contributed by atoms with Crippen molar-refractivity contribution in [2.24, 2.45) is 5.92 Å². The topological polar surface area (TPSA) is 113 Å². The molecule has 0 unspecified atom stereocenters. The summed E-state index contributed by atoms with van der Waals surface area (Å²) in [4.78, 5) is 27.8. The van der Waals surface area contributed by atoms with Gasteiger partial charge in [0.05, 0.1) is 23.5 Å². The minimum Gasteiger partial charge on any atom is -0.464 e. The Morgan fingerprint density at radius 3 is 2.83 bits per heavy atom. The van der Waals surface area contributed by atoms with Gasteiger partial charge in [-0.2, -0.15) is 18.2 Å². The lowest BCUT2D eigenvalue weighted by atomic mass is 9.70. The lowest BCUT2D eigenvalue weighted by Crippen LogP contribution is -2.57. The second kappa shape index (κ2) is 7.24. The number of carbonyl (C=O) groups excluding carboxylic acids is 1. The molecule has 1 aliphatic carbocycles. The summed E-state index contributed by atoms with van der Waals surface area (Å²) in [5, 5.41) is 12.8. The molecule has 1 saturated carbocycles. The van der Waals surface area contributed by atoms with Gasteiger partial charge >= 0.3 is 12.2 Å². The van der Waals surface area contributed by atoms with Crippen molar-refractivity contribution in [3.8, 4) is 17.4 Å². The molecule has 3 aromatic rings. The molecule has 3 N–H and O–H groups in total. The maximum atomic E-state index is 12.7. The highest BCUT2D eigenvalue weighted by atomic mass is 19.4. The first-order valence-corrected chi connectivity index (χ1v) is 9.23. The van der Waals surface area contributed by atoms with Crippen LogP contribution in [0.1, 0.15) is 19.8 Å². The SMILES string of the molecule is CCOc1nccc(-c2cc3cnc(NC(=O)C4CC(O)(C(F)(F)F)C4)cc3[nH]2)n1. The first-order chi connectivity index (χ1) is 14.2. The number of pyridine rings is 1. The van der Waals surface area contributed by atoms with Gasteiger partial charge in [0.15, 0.2) is 5.60 Å². The predicted octanol–water partition coefficient (Wildman–Crippen LogP) is 3.06. The van der Waals surface area contributed by atoms with Gasteiger partial charge in [0.1, 0.15) is 5.82 Å². The number of H-pyrrole nitrogens is 1. The van der Waals surface area contributed by atoms with Crippen LogP contribution >= 0.6 is 0 Å². The van der Waals surface area contributed by atoms with E-state index in [1.807, 2.05) is 13.0 Å². The molecule has 30 heavy (non-hydrogen) atoms. The van der Waals surface area contributed by atoms with Crippen LogP contribution in [0.3, 0.4) is 0 Å². The molecule has 0 aromatic carbocycles. The number of amides is 1. The summed E-state index contributed by atoms with van der Waals surface area (Å²) in [5.74, 6) is -1.34. The van der Waals surface area contributed by atoms with Crippen molar-refractivity contribution >= 4 is 22.6 Å². The summed E-state index contributed by atoms with van der Waals surface area (Å²) in [6.45, 7) is 2.26. The van der Waals surface area contributed by atoms with Gasteiger partial charge in [-0.15, -0.1) is 0 Å². The molecule has 0 aliphatic heterocycles. The zero-order valence-electron chi connectivity index (χ0n) is 15.8. The van der Waals surface area contributed by atoms with E-state index in [9.17, 15) is 23.1 Å². The number of nitrogens with one attached hydrogen (secondary N) is 2. The number of fused-ring (bicyclic) bond motifs is 1. The largest absolute Gasteiger partial charge is 0.464 e. The van der Waals surface area contributed by atoms with Crippen molar-refractivity contribution in [3.63, 3.8) is 0 Å². The Bertz CT molecular complexity index is 1090. The van der Waals surface area contributed by atoms with Crippen LogP contribution in [0.2, 0.25) is 0 Å². The molecular formula is C19H18F3N5O3. The molecule has 11 heteroatoms. The second-order valence-corrected chi connectivity index (χ2v) is 7.12. The maximum absolute atomic E-state index is 12.7. The number of ether oxygens (including phenoxy) is 1. The van der Waals surface area contributed by atoms with Crippen LogP contribution in [0.4, 0.5) is 19.0 Å². The molecule has 0 spiro atoms. The van der Waals surface area contributed by atoms with E-state index in [-0.39, 0.29) is 11.8 Å². The monoisotopic (exact) mass is 421 g/mol. The average Bonchev–Trinajstić information content (AvgIpc) is 3.08. The number of nitrogens with zero attached hydrogens (tertiary/aromatic N) is 3. The molecule has 1 fully saturated rings. The fourth-order valence-electron chi connectivity index (χ4n) is 3.32. The molecule has 1 aliphatic rings. The molecule has 0 saturated heterocycles. The van der Waals surface area contributed by atoms with E-state index in [4.69, 9.17) is 4.74 Å². The average molecular weight is 421 g/mol. The number of alkyl halides is 3. The fraction of sp³-hybridized carbons (Fsp3) is 0.368. The van der Waals surface area contributed by atoms with Gasteiger partial charge < -0.3 is 20.1 Å². The van der Waals surface area contributed by atoms with Gasteiger partial charge in [0.25, 0.3) is 0 Å². The Morgan fingerprint density at radius 1 is 1.37 bits per heavy atom. The van der Waals surface area contributed by atoms with Gasteiger partial charge in [-0.25, -0.2) is 9.97 Å². The van der Waals surface area contributed by atoms with Gasteiger partial charge in [0, 0.05) is 29.8 Å². The third-order valence-corrected chi connectivity index (χ3v) is 5.00. The van der Waals surface area contributed by atoms with E-state index in [0.29, 0.717) is 23.5 Å². The Balaban J connectivity index is 1.48. The summed E-state index contributed by atoms with van der Waals surface area (Å²) in [6.07, 6.45) is -2.96. The van der Waals surface area contributed by atoms with Crippen LogP contribution in [-0.4, -0.2) is 49.3 Å². The first-order valence-electron chi connectivity index (χ1n) is 9.23. The molecule has 0 atom stereocenters. The van der Waals surface area contributed by atoms with Crippen LogP contribution in [0, 0.1) is 5.92 Å². The van der Waals surface area contributed by atoms with Crippen LogP contribution in [0.15, 0.2) is 30.6 Å². The highest BCUT2D eigenvalue weighted by molar-refractivity contribution is 5.95. The molecule has 3 heterocycles. The molecule has 158 valence electrons. The summed E-state index contributed by atoms with van der Waals surface area (Å²) in [5.41, 5.74) is -0.838. The van der Waals surface area contributed by atoms with Gasteiger partial charge in [-0.05, 0) is 31.9 Å². The molecule has 3 aromatic heterocycles. The zero-order valence-corrected chi connectivity index (χ0v) is 15.8. The number of aliphatic hydroxyl groups is 1. The summed E-state index contributed by atoms with van der Waals surface area (Å²) >= 11 is 0. The van der Waals surface area contributed by atoms with E-state index in [1.165, 1.54) is 6.20 Å². The number of hydrogen-bond donors (Lipinski definition) is 3. The van der Waals surface area contributed by atoms with Crippen molar-refractivity contribution in [1.82, 2.24) is 19.9 Å². The maximum Gasteiger partial charge on any atom is 0.417 e. The van der Waals surface area contributed by atoms with Crippen LogP contribution < -0.4 is 10.1 Å². The van der Waals surface area contributed by atoms with Crippen molar-refractivity contribution in [2.75, 3.05) is 11.9 Å². The Morgan fingerprint density at radius 2 is 2.13 bits per heavy atom. The van der Waals surface area contributed by atoms with Crippen molar-refractivity contribution in [1.29, 1.82) is 0 Å². The minimum absolute atomic E-state index is 0.195. The smallest absolute Gasteiger partial charge is 0.417 e. The third-order valence-electron chi connectivity index (χ3n) is 5.00. The van der Waals surface area contributed by atoms with Crippen molar-refractivity contribution < 1.29 is 27.8 Å². The normalized spacial score (nSPS) is 21.3. The van der Waals surface area contributed by atoms with Gasteiger partial charge in [0.2, 0.25) is 5.91 Å². The number of rotatable bonds is 5. The summed E-state index contributed by atoms with van der Waals surface area (Å²) in [7, 11) is 0. The van der Waals surface area contributed by atoms with E-state index < -0.39 is 36.4 Å². The number of hydrogen-bond acceptors (Lipinski definition) is 6. The Kier molecular flexibility index (Phi) is 4.85. The number of halogens is 3. The Labute approximate surface area is 168 Å². The second-order valence-electron chi connectivity index (χ2n) is 7.12. The van der Waals surface area contributed by atoms with Crippen LogP contribution in [0.25, 0.3) is 22.3 Å². The van der Waals surface area contributed by atoms with Crippen LogP contribution in [-0.2, 0) is 4.79 Å². The van der Waals surface area contributed by atoms with E-state index in [0.717, 1.165) is 5.39 Å². The van der Waals surface area contributed by atoms with Crippen LogP contribution in [0.5, 0.6) is 6.01 Å². The number of anilines is 1. The van der Waals surface area contributed by atoms with E-state index >= 15 is 0 Å². The number of carbonyl (C=O) groups is 1. The lowest BCUT2D eigenvalue weighted by Gasteiger charge is -2.43. The molecule has 8 nitrogen and oxygen atoms in total. The molecular weight excluding hydrogens is 403 g/mol. The minimum atomic E-state index is -4.75. The number of aromatic amines is 1. The van der Waals surface area contributed by atoms with E-state index in [2.05, 4.69) is 25.3 Å². The van der Waals surface area contributed by atoms with Gasteiger partial charge in [-0.1, -0.05) is 0 Å². The molecule has 4 rings (SSSR count). The fourth-order valence-corrected chi connectivity index (χ4v) is 3.32.